The lowest BCUT2D eigenvalue weighted by atomic mass is 9.85. The molecule has 158 valence electrons. The monoisotopic (exact) mass is 427 g/mol. The van der Waals surface area contributed by atoms with Crippen molar-refractivity contribution in [1.82, 2.24) is 0 Å². The molecular formula is C23H25NO5S. The van der Waals surface area contributed by atoms with Crippen LogP contribution < -0.4 is 5.32 Å². The van der Waals surface area contributed by atoms with Crippen molar-refractivity contribution in [2.45, 2.75) is 52.1 Å². The van der Waals surface area contributed by atoms with Crippen molar-refractivity contribution in [1.29, 1.82) is 0 Å². The van der Waals surface area contributed by atoms with E-state index in [1.165, 1.54) is 11.3 Å². The van der Waals surface area contributed by atoms with Gasteiger partial charge in [-0.15, -0.1) is 11.3 Å². The van der Waals surface area contributed by atoms with E-state index in [1.807, 2.05) is 12.1 Å². The number of cyclic esters (lactones) is 1. The molecule has 0 bridgehead atoms. The summed E-state index contributed by atoms with van der Waals surface area (Å²) in [5, 5.41) is 3.36. The smallest absolute Gasteiger partial charge is 0.341 e. The molecule has 0 unspecified atom stereocenters. The van der Waals surface area contributed by atoms with Gasteiger partial charge in [0.25, 0.3) is 5.91 Å². The molecule has 0 spiro atoms. The zero-order valence-corrected chi connectivity index (χ0v) is 18.0. The number of nitrogens with one attached hydrogen (secondary N) is 1. The van der Waals surface area contributed by atoms with Crippen LogP contribution >= 0.6 is 11.3 Å². The van der Waals surface area contributed by atoms with Gasteiger partial charge in [-0.1, -0.05) is 31.5 Å². The average Bonchev–Trinajstić information content (AvgIpc) is 3.10. The van der Waals surface area contributed by atoms with Crippen LogP contribution in [-0.2, 0) is 33.5 Å². The van der Waals surface area contributed by atoms with E-state index in [-0.39, 0.29) is 6.61 Å². The van der Waals surface area contributed by atoms with Crippen LogP contribution in [0, 0.1) is 5.92 Å². The van der Waals surface area contributed by atoms with Crippen molar-refractivity contribution in [3.05, 3.63) is 51.4 Å². The minimum absolute atomic E-state index is 0.269. The fourth-order valence-electron chi connectivity index (χ4n) is 4.18. The maximum Gasteiger partial charge on any atom is 0.341 e. The molecule has 7 heteroatoms. The second kappa shape index (κ2) is 8.60. The van der Waals surface area contributed by atoms with Crippen molar-refractivity contribution in [3.63, 3.8) is 0 Å². The van der Waals surface area contributed by atoms with E-state index in [4.69, 9.17) is 9.47 Å². The van der Waals surface area contributed by atoms with E-state index in [0.717, 1.165) is 41.7 Å². The van der Waals surface area contributed by atoms with Crippen LogP contribution in [0.3, 0.4) is 0 Å². The Morgan fingerprint density at radius 3 is 2.80 bits per heavy atom. The zero-order chi connectivity index (χ0) is 21.3. The highest BCUT2D eigenvalue weighted by Gasteiger charge is 2.34. The second-order valence-electron chi connectivity index (χ2n) is 7.69. The van der Waals surface area contributed by atoms with Crippen LogP contribution in [0.25, 0.3) is 0 Å². The highest BCUT2D eigenvalue weighted by Crippen LogP contribution is 2.41. The number of hydrogen-bond donors (Lipinski definition) is 1. The number of hydrogen-bond acceptors (Lipinski definition) is 6. The second-order valence-corrected chi connectivity index (χ2v) is 8.80. The number of amides is 1. The lowest BCUT2D eigenvalue weighted by molar-refractivity contribution is -0.125. The van der Waals surface area contributed by atoms with Crippen molar-refractivity contribution < 1.29 is 23.9 Å². The average molecular weight is 428 g/mol. The molecule has 30 heavy (non-hydrogen) atoms. The summed E-state index contributed by atoms with van der Waals surface area (Å²) in [6.45, 7) is 4.21. The summed E-state index contributed by atoms with van der Waals surface area (Å²) in [6.07, 6.45) is 3.21. The van der Waals surface area contributed by atoms with Crippen LogP contribution in [0.15, 0.2) is 24.3 Å². The summed E-state index contributed by atoms with van der Waals surface area (Å²) in [5.74, 6) is -0.746. The molecule has 6 nitrogen and oxygen atoms in total. The highest BCUT2D eigenvalue weighted by atomic mass is 32.1. The molecule has 2 aromatic rings. The molecule has 4 rings (SSSR count). The molecule has 1 aliphatic heterocycles. The first-order valence-corrected chi connectivity index (χ1v) is 11.2. The first-order chi connectivity index (χ1) is 14.5. The van der Waals surface area contributed by atoms with Crippen LogP contribution in [0.2, 0.25) is 0 Å². The van der Waals surface area contributed by atoms with Crippen molar-refractivity contribution in [2.75, 3.05) is 11.9 Å². The molecule has 2 heterocycles. The molecule has 1 aromatic heterocycles. The Kier molecular flexibility index (Phi) is 5.90. The number of thiophene rings is 1. The molecule has 0 saturated carbocycles. The molecule has 1 aromatic carbocycles. The van der Waals surface area contributed by atoms with Gasteiger partial charge in [-0.25, -0.2) is 9.59 Å². The summed E-state index contributed by atoms with van der Waals surface area (Å²) in [6, 6.07) is 7.13. The Bertz CT molecular complexity index is 995. The van der Waals surface area contributed by atoms with Crippen LogP contribution in [0.1, 0.15) is 63.4 Å². The fourth-order valence-corrected chi connectivity index (χ4v) is 5.53. The van der Waals surface area contributed by atoms with E-state index in [9.17, 15) is 14.4 Å². The number of ether oxygens (including phenoxy) is 2. The van der Waals surface area contributed by atoms with Crippen molar-refractivity contribution in [3.8, 4) is 0 Å². The van der Waals surface area contributed by atoms with Gasteiger partial charge in [-0.3, -0.25) is 4.79 Å². The first-order valence-electron chi connectivity index (χ1n) is 10.4. The summed E-state index contributed by atoms with van der Waals surface area (Å²) >= 11 is 1.44. The lowest BCUT2D eigenvalue weighted by Crippen LogP contribution is -2.38. The van der Waals surface area contributed by atoms with Gasteiger partial charge in [0, 0.05) is 11.3 Å². The van der Waals surface area contributed by atoms with Crippen molar-refractivity contribution >= 4 is 34.2 Å². The molecule has 1 amide bonds. The molecule has 0 fully saturated rings. The van der Waals surface area contributed by atoms with Gasteiger partial charge in [0.05, 0.1) is 17.7 Å². The Morgan fingerprint density at radius 1 is 1.23 bits per heavy atom. The fraction of sp³-hybridized carbons (Fsp3) is 0.435. The van der Waals surface area contributed by atoms with Gasteiger partial charge in [-0.2, -0.15) is 0 Å². The van der Waals surface area contributed by atoms with Crippen molar-refractivity contribution in [2.24, 2.45) is 5.92 Å². The normalized spacial score (nSPS) is 20.0. The summed E-state index contributed by atoms with van der Waals surface area (Å²) in [5.41, 5.74) is 2.73. The van der Waals surface area contributed by atoms with Crippen LogP contribution in [0.4, 0.5) is 5.00 Å². The van der Waals surface area contributed by atoms with Crippen LogP contribution in [-0.4, -0.2) is 30.6 Å². The predicted molar refractivity (Wildman–Crippen MR) is 114 cm³/mol. The van der Waals surface area contributed by atoms with Gasteiger partial charge < -0.3 is 14.8 Å². The van der Waals surface area contributed by atoms with E-state index in [1.54, 1.807) is 19.1 Å². The first kappa shape index (κ1) is 20.6. The number of benzene rings is 1. The topological polar surface area (TPSA) is 81.7 Å². The summed E-state index contributed by atoms with van der Waals surface area (Å²) in [7, 11) is 0. The minimum Gasteiger partial charge on any atom is -0.462 e. The molecule has 1 N–H and O–H groups in total. The van der Waals surface area contributed by atoms with Gasteiger partial charge in [0.15, 0.2) is 6.10 Å². The predicted octanol–water partition coefficient (Wildman–Crippen LogP) is 4.16. The number of carbonyl (C=O) groups is 3. The quantitative estimate of drug-likeness (QED) is 0.725. The third-order valence-corrected chi connectivity index (χ3v) is 7.02. The standard InChI is InChI=1S/C23H25NO5S/c1-3-13-9-10-16-18(11-13)30-21(19(16)23(27)28-4-2)24-20(25)17-12-14-7-5-6-8-15(14)22(26)29-17/h5-8,13,17H,3-4,9-12H2,1-2H3,(H,24,25)/t13-,17-/m1/s1. The number of esters is 2. The number of anilines is 1. The van der Waals surface area contributed by atoms with E-state index >= 15 is 0 Å². The molecule has 0 saturated heterocycles. The maximum atomic E-state index is 13.0. The summed E-state index contributed by atoms with van der Waals surface area (Å²) in [4.78, 5) is 39.0. The maximum absolute atomic E-state index is 13.0. The Labute approximate surface area is 179 Å². The zero-order valence-electron chi connectivity index (χ0n) is 17.2. The molecular weight excluding hydrogens is 402 g/mol. The van der Waals surface area contributed by atoms with Gasteiger partial charge in [0.2, 0.25) is 0 Å². The highest BCUT2D eigenvalue weighted by molar-refractivity contribution is 7.17. The lowest BCUT2D eigenvalue weighted by Gasteiger charge is -2.23. The largest absolute Gasteiger partial charge is 0.462 e. The molecule has 0 radical (unpaired) electrons. The molecule has 2 aliphatic rings. The number of fused-ring (bicyclic) bond motifs is 2. The molecule has 1 aliphatic carbocycles. The Morgan fingerprint density at radius 2 is 2.03 bits per heavy atom. The van der Waals surface area contributed by atoms with Gasteiger partial charge in [-0.05, 0) is 49.3 Å². The van der Waals surface area contributed by atoms with Crippen LogP contribution in [0.5, 0.6) is 0 Å². The SMILES string of the molecule is CCOC(=O)c1c(NC(=O)[C@H]2Cc3ccccc3C(=O)O2)sc2c1CC[C@@H](CC)C2. The summed E-state index contributed by atoms with van der Waals surface area (Å²) < 4.78 is 10.6. The minimum atomic E-state index is -0.926. The van der Waals surface area contributed by atoms with E-state index in [2.05, 4.69) is 12.2 Å². The van der Waals surface area contributed by atoms with E-state index in [0.29, 0.717) is 28.5 Å². The molecule has 2 atom stereocenters. The number of rotatable bonds is 5. The number of carbonyl (C=O) groups excluding carboxylic acids is 3. The van der Waals surface area contributed by atoms with Gasteiger partial charge in [0.1, 0.15) is 5.00 Å². The van der Waals surface area contributed by atoms with Gasteiger partial charge >= 0.3 is 11.9 Å². The Balaban J connectivity index is 1.60. The third kappa shape index (κ3) is 3.86. The van der Waals surface area contributed by atoms with E-state index < -0.39 is 23.9 Å². The Hall–Kier alpha value is -2.67. The third-order valence-electron chi connectivity index (χ3n) is 5.85.